The number of nitrogens with zero attached hydrogens (tertiary/aromatic N) is 2. The predicted molar refractivity (Wildman–Crippen MR) is 203 cm³/mol. The summed E-state index contributed by atoms with van der Waals surface area (Å²) in [5.41, 5.74) is 7.00. The van der Waals surface area contributed by atoms with Gasteiger partial charge in [-0.1, -0.05) is 97.1 Å². The molecule has 0 atom stereocenters. The SMILES string of the molecule is c1ccc(-n2c3ccccc3c3cc(N(c4ccc5ccccc5c4)c4ccc5c(c4)sc4cc6ccccc6cc45)ccc32)cc1. The van der Waals surface area contributed by atoms with Crippen molar-refractivity contribution in [2.75, 3.05) is 4.90 Å². The van der Waals surface area contributed by atoms with Gasteiger partial charge in [0.15, 0.2) is 0 Å². The Hall–Kier alpha value is -5.90. The van der Waals surface area contributed by atoms with Crippen LogP contribution in [-0.2, 0) is 0 Å². The van der Waals surface area contributed by atoms with E-state index in [9.17, 15) is 0 Å². The fourth-order valence-corrected chi connectivity index (χ4v) is 8.48. The van der Waals surface area contributed by atoms with Crippen LogP contribution >= 0.6 is 11.3 Å². The molecule has 47 heavy (non-hydrogen) atoms. The lowest BCUT2D eigenvalue weighted by atomic mass is 10.1. The van der Waals surface area contributed by atoms with Crippen LogP contribution < -0.4 is 4.90 Å². The normalized spacial score (nSPS) is 11.8. The second-order valence-corrected chi connectivity index (χ2v) is 13.3. The van der Waals surface area contributed by atoms with Crippen molar-refractivity contribution in [2.24, 2.45) is 0 Å². The van der Waals surface area contributed by atoms with E-state index in [2.05, 4.69) is 179 Å². The zero-order valence-corrected chi connectivity index (χ0v) is 26.3. The summed E-state index contributed by atoms with van der Waals surface area (Å²) >= 11 is 1.88. The van der Waals surface area contributed by atoms with Gasteiger partial charge in [-0.3, -0.25) is 0 Å². The molecule has 0 saturated carbocycles. The van der Waals surface area contributed by atoms with Gasteiger partial charge < -0.3 is 9.47 Å². The first kappa shape index (κ1) is 26.3. The van der Waals surface area contributed by atoms with Crippen molar-refractivity contribution in [1.82, 2.24) is 4.57 Å². The van der Waals surface area contributed by atoms with Crippen LogP contribution in [0.3, 0.4) is 0 Å². The highest BCUT2D eigenvalue weighted by Gasteiger charge is 2.19. The second kappa shape index (κ2) is 10.3. The Morgan fingerprint density at radius 3 is 1.81 bits per heavy atom. The molecule has 8 aromatic carbocycles. The Kier molecular flexibility index (Phi) is 5.78. The van der Waals surface area contributed by atoms with Gasteiger partial charge in [-0.05, 0) is 94.3 Å². The summed E-state index contributed by atoms with van der Waals surface area (Å²) in [6.07, 6.45) is 0. The Morgan fingerprint density at radius 2 is 0.957 bits per heavy atom. The molecule has 2 aromatic heterocycles. The fraction of sp³-hybridized carbons (Fsp3) is 0. The molecule has 0 aliphatic rings. The number of rotatable bonds is 4. The first-order chi connectivity index (χ1) is 23.3. The fourth-order valence-electron chi connectivity index (χ4n) is 7.31. The molecule has 2 nitrogen and oxygen atoms in total. The van der Waals surface area contributed by atoms with Crippen LogP contribution in [0.25, 0.3) is 69.2 Å². The number of para-hydroxylation sites is 2. The molecule has 0 N–H and O–H groups in total. The smallest absolute Gasteiger partial charge is 0.0542 e. The third-order valence-corrected chi connectivity index (χ3v) is 10.6. The summed E-state index contributed by atoms with van der Waals surface area (Å²) in [6.45, 7) is 0. The number of benzene rings is 8. The van der Waals surface area contributed by atoms with E-state index in [1.165, 1.54) is 69.2 Å². The van der Waals surface area contributed by atoms with Gasteiger partial charge >= 0.3 is 0 Å². The molecule has 10 rings (SSSR count). The number of aromatic nitrogens is 1. The lowest BCUT2D eigenvalue weighted by molar-refractivity contribution is 1.18. The third kappa shape index (κ3) is 4.17. The Labute approximate surface area is 276 Å². The molecular weight excluding hydrogens is 589 g/mol. The van der Waals surface area contributed by atoms with Crippen molar-refractivity contribution < 1.29 is 0 Å². The average molecular weight is 617 g/mol. The number of hydrogen-bond donors (Lipinski definition) is 0. The minimum atomic E-state index is 1.13. The van der Waals surface area contributed by atoms with E-state index in [4.69, 9.17) is 0 Å². The van der Waals surface area contributed by atoms with Crippen LogP contribution in [0.2, 0.25) is 0 Å². The van der Waals surface area contributed by atoms with Crippen molar-refractivity contribution in [3.63, 3.8) is 0 Å². The van der Waals surface area contributed by atoms with E-state index in [1.807, 2.05) is 11.3 Å². The minimum Gasteiger partial charge on any atom is -0.310 e. The molecule has 0 saturated heterocycles. The monoisotopic (exact) mass is 616 g/mol. The molecule has 0 radical (unpaired) electrons. The van der Waals surface area contributed by atoms with Gasteiger partial charge in [-0.2, -0.15) is 0 Å². The molecule has 2 heterocycles. The molecule has 0 aliphatic heterocycles. The third-order valence-electron chi connectivity index (χ3n) is 9.50. The minimum absolute atomic E-state index is 1.13. The maximum Gasteiger partial charge on any atom is 0.0542 e. The summed E-state index contributed by atoms with van der Waals surface area (Å²) in [5.74, 6) is 0. The molecule has 0 amide bonds. The zero-order chi connectivity index (χ0) is 30.9. The highest BCUT2D eigenvalue weighted by molar-refractivity contribution is 7.25. The van der Waals surface area contributed by atoms with Crippen molar-refractivity contribution in [2.45, 2.75) is 0 Å². The molecule has 0 unspecified atom stereocenters. The van der Waals surface area contributed by atoms with Gasteiger partial charge in [0, 0.05) is 53.7 Å². The van der Waals surface area contributed by atoms with E-state index >= 15 is 0 Å². The van der Waals surface area contributed by atoms with Crippen LogP contribution in [0.4, 0.5) is 17.1 Å². The molecule has 10 aromatic rings. The maximum absolute atomic E-state index is 2.42. The number of fused-ring (bicyclic) bond motifs is 8. The lowest BCUT2D eigenvalue weighted by Gasteiger charge is -2.26. The van der Waals surface area contributed by atoms with Gasteiger partial charge in [-0.25, -0.2) is 0 Å². The van der Waals surface area contributed by atoms with E-state index < -0.39 is 0 Å². The standard InChI is InChI=1S/C44H28N2S/c1-2-14-33(15-3-1)46-41-17-9-8-16-37(41)39-27-35(21-23-42(39)46)45(34-19-18-29-10-4-5-11-30(29)24-34)36-20-22-38-40-25-31-12-6-7-13-32(31)26-43(40)47-44(38)28-36/h1-28H. The van der Waals surface area contributed by atoms with Crippen molar-refractivity contribution >= 4 is 91.9 Å². The van der Waals surface area contributed by atoms with Crippen molar-refractivity contribution in [3.05, 3.63) is 170 Å². The summed E-state index contributed by atoms with van der Waals surface area (Å²) in [7, 11) is 0. The highest BCUT2D eigenvalue weighted by Crippen LogP contribution is 2.44. The second-order valence-electron chi connectivity index (χ2n) is 12.2. The first-order valence-corrected chi connectivity index (χ1v) is 16.8. The van der Waals surface area contributed by atoms with Crippen molar-refractivity contribution in [1.29, 1.82) is 0 Å². The van der Waals surface area contributed by atoms with Crippen molar-refractivity contribution in [3.8, 4) is 5.69 Å². The van der Waals surface area contributed by atoms with Gasteiger partial charge in [0.1, 0.15) is 0 Å². The number of anilines is 3. The highest BCUT2D eigenvalue weighted by atomic mass is 32.1. The van der Waals surface area contributed by atoms with Crippen LogP contribution in [0.5, 0.6) is 0 Å². The maximum atomic E-state index is 2.42. The van der Waals surface area contributed by atoms with Gasteiger partial charge in [-0.15, -0.1) is 11.3 Å². The lowest BCUT2D eigenvalue weighted by Crippen LogP contribution is -2.09. The van der Waals surface area contributed by atoms with Crippen LogP contribution in [0.15, 0.2) is 170 Å². The summed E-state index contributed by atoms with van der Waals surface area (Å²) < 4.78 is 4.99. The molecular formula is C44H28N2S. The number of thiophene rings is 1. The molecule has 0 bridgehead atoms. The Morgan fingerprint density at radius 1 is 0.362 bits per heavy atom. The van der Waals surface area contributed by atoms with Gasteiger partial charge in [0.05, 0.1) is 11.0 Å². The summed E-state index contributed by atoms with van der Waals surface area (Å²) in [4.78, 5) is 2.42. The van der Waals surface area contributed by atoms with E-state index in [0.717, 1.165) is 17.1 Å². The van der Waals surface area contributed by atoms with E-state index in [1.54, 1.807) is 0 Å². The first-order valence-electron chi connectivity index (χ1n) is 16.0. The molecule has 0 fully saturated rings. The molecule has 220 valence electrons. The topological polar surface area (TPSA) is 8.17 Å². The molecule has 0 aliphatic carbocycles. The number of hydrogen-bond acceptors (Lipinski definition) is 2. The van der Waals surface area contributed by atoms with Crippen LogP contribution in [-0.4, -0.2) is 4.57 Å². The predicted octanol–water partition coefficient (Wildman–Crippen LogP) is 12.9. The zero-order valence-electron chi connectivity index (χ0n) is 25.5. The Balaban J connectivity index is 1.21. The van der Waals surface area contributed by atoms with Gasteiger partial charge in [0.25, 0.3) is 0 Å². The van der Waals surface area contributed by atoms with E-state index in [0.29, 0.717) is 0 Å². The largest absolute Gasteiger partial charge is 0.310 e. The molecule has 0 spiro atoms. The Bertz CT molecular complexity index is 2810. The van der Waals surface area contributed by atoms with Crippen LogP contribution in [0, 0.1) is 0 Å². The summed E-state index contributed by atoms with van der Waals surface area (Å²) in [6, 6.07) is 62.1. The quantitative estimate of drug-likeness (QED) is 0.191. The van der Waals surface area contributed by atoms with E-state index in [-0.39, 0.29) is 0 Å². The van der Waals surface area contributed by atoms with Gasteiger partial charge in [0.2, 0.25) is 0 Å². The average Bonchev–Trinajstić information content (AvgIpc) is 3.65. The molecule has 3 heteroatoms. The summed E-state index contributed by atoms with van der Waals surface area (Å²) in [5, 5.41) is 10.1. The van der Waals surface area contributed by atoms with Crippen LogP contribution in [0.1, 0.15) is 0 Å².